The van der Waals surface area contributed by atoms with Gasteiger partial charge >= 0.3 is 0 Å². The summed E-state index contributed by atoms with van der Waals surface area (Å²) >= 11 is 0. The Labute approximate surface area is 128 Å². The summed E-state index contributed by atoms with van der Waals surface area (Å²) in [6.07, 6.45) is 2.28. The van der Waals surface area contributed by atoms with Crippen LogP contribution in [0.2, 0.25) is 0 Å². The molecular formula is C15H22O7. The summed E-state index contributed by atoms with van der Waals surface area (Å²) in [5.41, 5.74) is -1.33. The molecule has 5 heterocycles. The van der Waals surface area contributed by atoms with Gasteiger partial charge in [0.25, 0.3) is 0 Å². The lowest BCUT2D eigenvalue weighted by Gasteiger charge is -2.59. The molecule has 0 aromatic rings. The van der Waals surface area contributed by atoms with E-state index in [0.29, 0.717) is 12.5 Å². The van der Waals surface area contributed by atoms with Crippen LogP contribution < -0.4 is 0 Å². The first-order chi connectivity index (χ1) is 10.5. The fraction of sp³-hybridized carbons (Fsp3) is 1.00. The maximum absolute atomic E-state index is 9.28. The van der Waals surface area contributed by atoms with E-state index in [-0.39, 0.29) is 11.8 Å². The third-order valence-corrected chi connectivity index (χ3v) is 6.53. The van der Waals surface area contributed by atoms with Crippen molar-refractivity contribution < 1.29 is 34.1 Å². The summed E-state index contributed by atoms with van der Waals surface area (Å²) < 4.78 is 17.8. The summed E-state index contributed by atoms with van der Waals surface area (Å²) in [5.74, 6) is -0.00894. The van der Waals surface area contributed by atoms with Crippen LogP contribution in [0, 0.1) is 17.8 Å². The van der Waals surface area contributed by atoms with Gasteiger partial charge in [0.05, 0.1) is 6.61 Å². The zero-order chi connectivity index (χ0) is 15.2. The second kappa shape index (κ2) is 4.22. The van der Waals surface area contributed by atoms with Gasteiger partial charge in [-0.05, 0) is 38.0 Å². The van der Waals surface area contributed by atoms with Gasteiger partial charge in [0.1, 0.15) is 0 Å². The molecule has 0 aromatic carbocycles. The minimum Gasteiger partial charge on any atom is -0.363 e. The Hall–Kier alpha value is -0.280. The van der Waals surface area contributed by atoms with Gasteiger partial charge in [0.2, 0.25) is 12.1 Å². The summed E-state index contributed by atoms with van der Waals surface area (Å²) in [6.45, 7) is 4.62. The maximum atomic E-state index is 9.28. The highest BCUT2D eigenvalue weighted by atomic mass is 17.3. The van der Waals surface area contributed by atoms with Gasteiger partial charge in [-0.2, -0.15) is 0 Å². The zero-order valence-electron chi connectivity index (χ0n) is 12.8. The molecule has 7 heteroatoms. The lowest BCUT2D eigenvalue weighted by atomic mass is 9.58. The second-order valence-electron chi connectivity index (χ2n) is 7.67. The van der Waals surface area contributed by atoms with Crippen LogP contribution in [-0.4, -0.2) is 41.4 Å². The molecule has 2 bridgehead atoms. The molecule has 124 valence electrons. The van der Waals surface area contributed by atoms with Gasteiger partial charge < -0.3 is 14.2 Å². The number of hydrogen-bond donors (Lipinski definition) is 1. The highest BCUT2D eigenvalue weighted by Gasteiger charge is 2.78. The molecule has 2 unspecified atom stereocenters. The van der Waals surface area contributed by atoms with Crippen molar-refractivity contribution >= 4 is 0 Å². The van der Waals surface area contributed by atoms with Gasteiger partial charge in [-0.1, -0.05) is 6.92 Å². The molecule has 1 N–H and O–H groups in total. The van der Waals surface area contributed by atoms with Crippen LogP contribution in [0.4, 0.5) is 0 Å². The molecule has 0 aromatic heterocycles. The van der Waals surface area contributed by atoms with E-state index < -0.39 is 29.6 Å². The highest BCUT2D eigenvalue weighted by Crippen LogP contribution is 2.64. The van der Waals surface area contributed by atoms with E-state index in [2.05, 4.69) is 11.8 Å². The first-order valence-electron chi connectivity index (χ1n) is 8.18. The molecule has 22 heavy (non-hydrogen) atoms. The molecule has 7 nitrogen and oxygen atoms in total. The van der Waals surface area contributed by atoms with Crippen molar-refractivity contribution in [2.45, 2.75) is 69.1 Å². The van der Waals surface area contributed by atoms with Gasteiger partial charge in [-0.25, -0.2) is 19.9 Å². The van der Waals surface area contributed by atoms with Crippen LogP contribution in [0.5, 0.6) is 0 Å². The maximum Gasteiger partial charge on any atom is 0.225 e. The van der Waals surface area contributed by atoms with Crippen molar-refractivity contribution in [3.63, 3.8) is 0 Å². The molecule has 5 aliphatic heterocycles. The Morgan fingerprint density at radius 3 is 2.73 bits per heavy atom. The standard InChI is InChI=1S/C15H22O7/c1-8-3-4-10-14(7-17-14)11(20-16)18-12-15(10)9(8)5-6-13(2,19-12)21-22-15/h8-12,16H,3-7H2,1-2H3/t8-,9?,10?,11-,12-,13-,14-,15-/m1/s1. The molecule has 8 atom stereocenters. The Bertz CT molecular complexity index is 494. The molecule has 5 saturated heterocycles. The average Bonchev–Trinajstić information content (AvgIpc) is 3.30. The lowest BCUT2D eigenvalue weighted by Crippen LogP contribution is -2.73. The van der Waals surface area contributed by atoms with Gasteiger partial charge in [0.15, 0.2) is 17.5 Å². The molecule has 6 aliphatic rings. The molecule has 0 radical (unpaired) electrons. The summed E-state index contributed by atoms with van der Waals surface area (Å²) in [6, 6.07) is 0. The van der Waals surface area contributed by atoms with E-state index in [4.69, 9.17) is 24.0 Å². The summed E-state index contributed by atoms with van der Waals surface area (Å²) in [4.78, 5) is 16.3. The van der Waals surface area contributed by atoms with Crippen molar-refractivity contribution in [1.82, 2.24) is 0 Å². The molecule has 1 aliphatic carbocycles. The predicted octanol–water partition coefficient (Wildman–Crippen LogP) is 1.82. The molecule has 2 spiro atoms. The average molecular weight is 314 g/mol. The summed E-state index contributed by atoms with van der Waals surface area (Å²) in [7, 11) is 0. The van der Waals surface area contributed by atoms with Crippen molar-refractivity contribution in [1.29, 1.82) is 0 Å². The Morgan fingerprint density at radius 2 is 2.00 bits per heavy atom. The first kappa shape index (κ1) is 14.1. The molecule has 6 fully saturated rings. The number of rotatable bonds is 1. The molecule has 6 rings (SSSR count). The van der Waals surface area contributed by atoms with E-state index in [0.717, 1.165) is 25.7 Å². The Balaban J connectivity index is 1.64. The van der Waals surface area contributed by atoms with E-state index in [9.17, 15) is 5.26 Å². The van der Waals surface area contributed by atoms with Crippen molar-refractivity contribution in [3.8, 4) is 0 Å². The fourth-order valence-electron chi connectivity index (χ4n) is 5.27. The first-order valence-corrected chi connectivity index (χ1v) is 8.18. The second-order valence-corrected chi connectivity index (χ2v) is 7.67. The van der Waals surface area contributed by atoms with Gasteiger partial charge in [-0.15, -0.1) is 0 Å². The van der Waals surface area contributed by atoms with Crippen LogP contribution in [0.15, 0.2) is 0 Å². The van der Waals surface area contributed by atoms with E-state index >= 15 is 0 Å². The summed E-state index contributed by atoms with van der Waals surface area (Å²) in [5, 5.41) is 9.28. The lowest BCUT2D eigenvalue weighted by molar-refractivity contribution is -0.585. The molecular weight excluding hydrogens is 292 g/mol. The van der Waals surface area contributed by atoms with Crippen molar-refractivity contribution in [2.24, 2.45) is 17.8 Å². The van der Waals surface area contributed by atoms with E-state index in [1.807, 2.05) is 6.92 Å². The SMILES string of the molecule is C[C@@H]1CCC2[C@]34OO[C@](C)(CCC13)O[C@H]4O[C@H](OO)[C@@]21CO1. The fourth-order valence-corrected chi connectivity index (χ4v) is 5.27. The normalized spacial score (nSPS) is 62.6. The number of epoxide rings is 1. The van der Waals surface area contributed by atoms with Crippen LogP contribution >= 0.6 is 0 Å². The Morgan fingerprint density at radius 1 is 1.18 bits per heavy atom. The van der Waals surface area contributed by atoms with Gasteiger partial charge in [0, 0.05) is 12.3 Å². The monoisotopic (exact) mass is 314 g/mol. The van der Waals surface area contributed by atoms with Crippen molar-refractivity contribution in [2.75, 3.05) is 6.61 Å². The third-order valence-electron chi connectivity index (χ3n) is 6.53. The minimum absolute atomic E-state index is 0.0275. The third kappa shape index (κ3) is 1.51. The van der Waals surface area contributed by atoms with Crippen LogP contribution in [0.1, 0.15) is 39.5 Å². The predicted molar refractivity (Wildman–Crippen MR) is 70.1 cm³/mol. The zero-order valence-corrected chi connectivity index (χ0v) is 12.8. The topological polar surface area (TPSA) is 78.9 Å². The minimum atomic E-state index is -0.839. The number of hydrogen-bond acceptors (Lipinski definition) is 7. The van der Waals surface area contributed by atoms with Gasteiger partial charge in [-0.3, -0.25) is 0 Å². The van der Waals surface area contributed by atoms with Crippen LogP contribution in [-0.2, 0) is 28.9 Å². The number of ether oxygens (including phenoxy) is 3. The quantitative estimate of drug-likeness (QED) is 0.449. The number of fused-ring (bicyclic) bond motifs is 3. The largest absolute Gasteiger partial charge is 0.363 e. The van der Waals surface area contributed by atoms with E-state index in [1.54, 1.807) is 0 Å². The molecule has 1 saturated carbocycles. The highest BCUT2D eigenvalue weighted by molar-refractivity contribution is 5.18. The van der Waals surface area contributed by atoms with E-state index in [1.165, 1.54) is 0 Å². The van der Waals surface area contributed by atoms with Crippen molar-refractivity contribution in [3.05, 3.63) is 0 Å². The smallest absolute Gasteiger partial charge is 0.225 e. The van der Waals surface area contributed by atoms with Crippen LogP contribution in [0.25, 0.3) is 0 Å². The molecule has 0 amide bonds. The van der Waals surface area contributed by atoms with Crippen LogP contribution in [0.3, 0.4) is 0 Å². The Kier molecular flexibility index (Phi) is 2.70.